The van der Waals surface area contributed by atoms with Crippen molar-refractivity contribution in [2.24, 2.45) is 0 Å². The van der Waals surface area contributed by atoms with Crippen LogP contribution in [0.3, 0.4) is 0 Å². The van der Waals surface area contributed by atoms with Crippen LogP contribution in [0.15, 0.2) is 24.3 Å². The molecule has 1 aliphatic rings. The SMILES string of the molecule is CCN1CCN(CC(=O)Nc2ccc(N(CC)CC)cc2)CC1. The highest BCUT2D eigenvalue weighted by Gasteiger charge is 2.17. The molecule has 5 heteroatoms. The number of nitrogens with zero attached hydrogens (tertiary/aromatic N) is 3. The van der Waals surface area contributed by atoms with Crippen LogP contribution in [0.5, 0.6) is 0 Å². The molecule has 1 aliphatic heterocycles. The minimum atomic E-state index is 0.0746. The molecule has 128 valence electrons. The van der Waals surface area contributed by atoms with Gasteiger partial charge in [0.2, 0.25) is 5.91 Å². The predicted molar refractivity (Wildman–Crippen MR) is 97.2 cm³/mol. The fourth-order valence-corrected chi connectivity index (χ4v) is 3.01. The maximum atomic E-state index is 12.2. The Morgan fingerprint density at radius 3 is 2.09 bits per heavy atom. The maximum Gasteiger partial charge on any atom is 0.238 e. The number of piperazine rings is 1. The molecule has 1 saturated heterocycles. The Labute approximate surface area is 140 Å². The lowest BCUT2D eigenvalue weighted by atomic mass is 10.2. The average Bonchev–Trinajstić information content (AvgIpc) is 2.58. The van der Waals surface area contributed by atoms with E-state index in [9.17, 15) is 4.79 Å². The number of hydrogen-bond donors (Lipinski definition) is 1. The summed E-state index contributed by atoms with van der Waals surface area (Å²) >= 11 is 0. The van der Waals surface area contributed by atoms with Gasteiger partial charge in [0.25, 0.3) is 0 Å². The van der Waals surface area contributed by atoms with Crippen molar-refractivity contribution in [3.63, 3.8) is 0 Å². The molecule has 23 heavy (non-hydrogen) atoms. The minimum Gasteiger partial charge on any atom is -0.372 e. The molecule has 5 nitrogen and oxygen atoms in total. The first kappa shape index (κ1) is 17.8. The summed E-state index contributed by atoms with van der Waals surface area (Å²) in [5.74, 6) is 0.0746. The molecule has 0 unspecified atom stereocenters. The van der Waals surface area contributed by atoms with Crippen molar-refractivity contribution in [3.05, 3.63) is 24.3 Å². The fraction of sp³-hybridized carbons (Fsp3) is 0.611. The number of nitrogens with one attached hydrogen (secondary N) is 1. The largest absolute Gasteiger partial charge is 0.372 e. The van der Waals surface area contributed by atoms with Crippen LogP contribution in [0.2, 0.25) is 0 Å². The molecule has 0 bridgehead atoms. The van der Waals surface area contributed by atoms with Crippen molar-refractivity contribution in [2.45, 2.75) is 20.8 Å². The van der Waals surface area contributed by atoms with E-state index in [1.165, 1.54) is 5.69 Å². The molecule has 0 aromatic heterocycles. The third-order valence-electron chi connectivity index (χ3n) is 4.56. The molecular weight excluding hydrogens is 288 g/mol. The number of anilines is 2. The second kappa shape index (κ2) is 8.89. The zero-order valence-electron chi connectivity index (χ0n) is 14.7. The van der Waals surface area contributed by atoms with Crippen LogP contribution in [0.25, 0.3) is 0 Å². The Hall–Kier alpha value is -1.59. The Kier molecular flexibility index (Phi) is 6.86. The number of rotatable bonds is 7. The Bertz CT molecular complexity index is 476. The highest BCUT2D eigenvalue weighted by atomic mass is 16.2. The highest BCUT2D eigenvalue weighted by molar-refractivity contribution is 5.92. The average molecular weight is 318 g/mol. The first-order chi connectivity index (χ1) is 11.2. The summed E-state index contributed by atoms with van der Waals surface area (Å²) in [5.41, 5.74) is 2.07. The third kappa shape index (κ3) is 5.22. The lowest BCUT2D eigenvalue weighted by molar-refractivity contribution is -0.117. The van der Waals surface area contributed by atoms with E-state index in [1.54, 1.807) is 0 Å². The second-order valence-electron chi connectivity index (χ2n) is 5.98. The van der Waals surface area contributed by atoms with Crippen molar-refractivity contribution < 1.29 is 4.79 Å². The van der Waals surface area contributed by atoms with E-state index < -0.39 is 0 Å². The molecule has 1 heterocycles. The maximum absolute atomic E-state index is 12.2. The zero-order chi connectivity index (χ0) is 16.7. The quantitative estimate of drug-likeness (QED) is 0.836. The Morgan fingerprint density at radius 2 is 1.57 bits per heavy atom. The fourth-order valence-electron chi connectivity index (χ4n) is 3.01. The van der Waals surface area contributed by atoms with Crippen LogP contribution in [0.4, 0.5) is 11.4 Å². The molecule has 0 radical (unpaired) electrons. The van der Waals surface area contributed by atoms with Gasteiger partial charge in [0, 0.05) is 50.6 Å². The number of likely N-dealkylation sites (N-methyl/N-ethyl adjacent to an activating group) is 1. The third-order valence-corrected chi connectivity index (χ3v) is 4.56. The molecule has 1 aromatic carbocycles. The minimum absolute atomic E-state index is 0.0746. The predicted octanol–water partition coefficient (Wildman–Crippen LogP) is 2.11. The van der Waals surface area contributed by atoms with Crippen LogP contribution in [-0.2, 0) is 4.79 Å². The normalized spacial score (nSPS) is 16.3. The summed E-state index contributed by atoms with van der Waals surface area (Å²) in [5, 5.41) is 3.00. The lowest BCUT2D eigenvalue weighted by Gasteiger charge is -2.33. The monoisotopic (exact) mass is 318 g/mol. The molecule has 1 N–H and O–H groups in total. The summed E-state index contributed by atoms with van der Waals surface area (Å²) in [6, 6.07) is 8.12. The summed E-state index contributed by atoms with van der Waals surface area (Å²) in [4.78, 5) is 19.1. The molecule has 0 saturated carbocycles. The van der Waals surface area contributed by atoms with Crippen LogP contribution in [0, 0.1) is 0 Å². The van der Waals surface area contributed by atoms with Crippen LogP contribution >= 0.6 is 0 Å². The van der Waals surface area contributed by atoms with Crippen molar-refractivity contribution in [2.75, 3.05) is 62.6 Å². The van der Waals surface area contributed by atoms with Crippen LogP contribution in [0.1, 0.15) is 20.8 Å². The topological polar surface area (TPSA) is 38.8 Å². The summed E-state index contributed by atoms with van der Waals surface area (Å²) in [7, 11) is 0. The lowest BCUT2D eigenvalue weighted by Crippen LogP contribution is -2.48. The van der Waals surface area contributed by atoms with E-state index in [0.29, 0.717) is 6.54 Å². The second-order valence-corrected chi connectivity index (χ2v) is 5.98. The standard InChI is InChI=1S/C18H30N4O/c1-4-20-11-13-21(14-12-20)15-18(23)19-16-7-9-17(10-8-16)22(5-2)6-3/h7-10H,4-6,11-15H2,1-3H3,(H,19,23). The molecule has 0 aliphatic carbocycles. The van der Waals surface area contributed by atoms with E-state index in [2.05, 4.69) is 52.9 Å². The van der Waals surface area contributed by atoms with Gasteiger partial charge in [-0.2, -0.15) is 0 Å². The Balaban J connectivity index is 1.81. The zero-order valence-corrected chi connectivity index (χ0v) is 14.7. The van der Waals surface area contributed by atoms with Gasteiger partial charge in [-0.05, 0) is 44.7 Å². The van der Waals surface area contributed by atoms with Crippen molar-refractivity contribution in [1.29, 1.82) is 0 Å². The first-order valence-electron chi connectivity index (χ1n) is 8.75. The van der Waals surface area contributed by atoms with Crippen molar-refractivity contribution >= 4 is 17.3 Å². The van der Waals surface area contributed by atoms with E-state index in [4.69, 9.17) is 0 Å². The van der Waals surface area contributed by atoms with Gasteiger partial charge in [0.15, 0.2) is 0 Å². The molecule has 1 amide bonds. The summed E-state index contributed by atoms with van der Waals surface area (Å²) in [6.45, 7) is 14.1. The van der Waals surface area contributed by atoms with E-state index in [-0.39, 0.29) is 5.91 Å². The molecule has 1 aromatic rings. The molecule has 2 rings (SSSR count). The van der Waals surface area contributed by atoms with Gasteiger partial charge in [-0.1, -0.05) is 6.92 Å². The van der Waals surface area contributed by atoms with Gasteiger partial charge in [-0.25, -0.2) is 0 Å². The van der Waals surface area contributed by atoms with Gasteiger partial charge in [-0.3, -0.25) is 9.69 Å². The molecule has 1 fully saturated rings. The number of carbonyl (C=O) groups is 1. The summed E-state index contributed by atoms with van der Waals surface area (Å²) < 4.78 is 0. The molecule has 0 atom stereocenters. The number of benzene rings is 1. The van der Waals surface area contributed by atoms with Gasteiger partial charge in [0.05, 0.1) is 6.54 Å². The van der Waals surface area contributed by atoms with Crippen LogP contribution in [-0.4, -0.2) is 68.1 Å². The van der Waals surface area contributed by atoms with Gasteiger partial charge in [0.1, 0.15) is 0 Å². The smallest absolute Gasteiger partial charge is 0.238 e. The first-order valence-corrected chi connectivity index (χ1v) is 8.75. The molecular formula is C18H30N4O. The van der Waals surface area contributed by atoms with Crippen molar-refractivity contribution in [1.82, 2.24) is 9.80 Å². The van der Waals surface area contributed by atoms with E-state index in [1.807, 2.05) is 12.1 Å². The van der Waals surface area contributed by atoms with E-state index in [0.717, 1.165) is 51.5 Å². The molecule has 0 spiro atoms. The number of carbonyl (C=O) groups excluding carboxylic acids is 1. The van der Waals surface area contributed by atoms with Gasteiger partial charge < -0.3 is 15.1 Å². The van der Waals surface area contributed by atoms with Crippen LogP contribution < -0.4 is 10.2 Å². The number of amides is 1. The van der Waals surface area contributed by atoms with Gasteiger partial charge >= 0.3 is 0 Å². The van der Waals surface area contributed by atoms with Gasteiger partial charge in [-0.15, -0.1) is 0 Å². The highest BCUT2D eigenvalue weighted by Crippen LogP contribution is 2.17. The Morgan fingerprint density at radius 1 is 1.00 bits per heavy atom. The van der Waals surface area contributed by atoms with E-state index >= 15 is 0 Å². The van der Waals surface area contributed by atoms with Crippen molar-refractivity contribution in [3.8, 4) is 0 Å². The number of hydrogen-bond acceptors (Lipinski definition) is 4. The summed E-state index contributed by atoms with van der Waals surface area (Å²) in [6.07, 6.45) is 0.